The highest BCUT2D eigenvalue weighted by molar-refractivity contribution is 7.99. The van der Waals surface area contributed by atoms with E-state index in [4.69, 9.17) is 11.0 Å². The molecule has 2 rings (SSSR count). The number of rotatable bonds is 2. The van der Waals surface area contributed by atoms with Crippen LogP contribution in [0.2, 0.25) is 0 Å². The summed E-state index contributed by atoms with van der Waals surface area (Å²) in [5, 5.41) is 9.63. The molecule has 0 radical (unpaired) electrons. The minimum atomic E-state index is 0.480. The summed E-state index contributed by atoms with van der Waals surface area (Å²) >= 11 is 1.45. The van der Waals surface area contributed by atoms with Crippen molar-refractivity contribution in [3.63, 3.8) is 0 Å². The van der Waals surface area contributed by atoms with Crippen LogP contribution >= 0.6 is 11.8 Å². The first-order valence-electron chi connectivity index (χ1n) is 4.53. The molecule has 4 nitrogen and oxygen atoms in total. The van der Waals surface area contributed by atoms with E-state index in [0.717, 1.165) is 9.92 Å². The van der Waals surface area contributed by atoms with Gasteiger partial charge in [-0.15, -0.1) is 0 Å². The molecule has 2 N–H and O–H groups in total. The zero-order chi connectivity index (χ0) is 11.4. The maximum absolute atomic E-state index is 8.84. The van der Waals surface area contributed by atoms with Crippen LogP contribution in [0.15, 0.2) is 46.7 Å². The van der Waals surface area contributed by atoms with Crippen molar-refractivity contribution in [2.45, 2.75) is 9.92 Å². The zero-order valence-electron chi connectivity index (χ0n) is 8.29. The predicted molar refractivity (Wildman–Crippen MR) is 61.7 cm³/mol. The van der Waals surface area contributed by atoms with E-state index in [0.29, 0.717) is 11.3 Å². The smallest absolute Gasteiger partial charge is 0.119 e. The maximum Gasteiger partial charge on any atom is 0.119 e. The van der Waals surface area contributed by atoms with E-state index in [1.165, 1.54) is 11.8 Å². The van der Waals surface area contributed by atoms with Gasteiger partial charge in [-0.25, -0.2) is 4.98 Å². The number of hydrogen-bond donors (Lipinski definition) is 1. The number of nitriles is 1. The molecular formula is C11H8N4S. The fourth-order valence-electron chi connectivity index (χ4n) is 1.15. The van der Waals surface area contributed by atoms with Crippen molar-refractivity contribution in [2.24, 2.45) is 0 Å². The monoisotopic (exact) mass is 228 g/mol. The van der Waals surface area contributed by atoms with E-state index < -0.39 is 0 Å². The SMILES string of the molecule is N#Cc1cc(Sc2cnccn2)ccc1N. The van der Waals surface area contributed by atoms with Crippen LogP contribution < -0.4 is 5.73 Å². The molecule has 1 aromatic carbocycles. The summed E-state index contributed by atoms with van der Waals surface area (Å²) < 4.78 is 0. The number of benzene rings is 1. The third-order valence-corrected chi connectivity index (χ3v) is 2.82. The summed E-state index contributed by atoms with van der Waals surface area (Å²) in [6.07, 6.45) is 4.92. The summed E-state index contributed by atoms with van der Waals surface area (Å²) in [5.74, 6) is 0. The molecule has 0 amide bonds. The zero-order valence-corrected chi connectivity index (χ0v) is 9.11. The van der Waals surface area contributed by atoms with Crippen LogP contribution in [0.1, 0.15) is 5.56 Å². The predicted octanol–water partition coefficient (Wildman–Crippen LogP) is 2.08. The van der Waals surface area contributed by atoms with Crippen LogP contribution in [0.4, 0.5) is 5.69 Å². The molecule has 1 aromatic heterocycles. The molecule has 0 aliphatic carbocycles. The standard InChI is InChI=1S/C11H8N4S/c12-6-8-5-9(1-2-10(8)13)16-11-7-14-3-4-15-11/h1-5,7H,13H2. The van der Waals surface area contributed by atoms with Crippen molar-refractivity contribution < 1.29 is 0 Å². The Labute approximate surface area is 97.1 Å². The topological polar surface area (TPSA) is 75.6 Å². The van der Waals surface area contributed by atoms with Gasteiger partial charge in [-0.3, -0.25) is 4.98 Å². The van der Waals surface area contributed by atoms with Gasteiger partial charge in [-0.1, -0.05) is 11.8 Å². The second-order valence-corrected chi connectivity index (χ2v) is 4.10. The first kappa shape index (κ1) is 10.5. The summed E-state index contributed by atoms with van der Waals surface area (Å²) in [7, 11) is 0. The summed E-state index contributed by atoms with van der Waals surface area (Å²) in [5.41, 5.74) is 6.61. The van der Waals surface area contributed by atoms with Crippen LogP contribution in [0.3, 0.4) is 0 Å². The molecule has 0 bridgehead atoms. The second-order valence-electron chi connectivity index (χ2n) is 3.01. The lowest BCUT2D eigenvalue weighted by Gasteiger charge is -2.02. The third kappa shape index (κ3) is 2.30. The number of anilines is 1. The fraction of sp³-hybridized carbons (Fsp3) is 0. The molecule has 0 atom stereocenters. The van der Waals surface area contributed by atoms with Gasteiger partial charge in [0.15, 0.2) is 0 Å². The van der Waals surface area contributed by atoms with Crippen molar-refractivity contribution in [3.05, 3.63) is 42.4 Å². The van der Waals surface area contributed by atoms with Crippen LogP contribution in [0.5, 0.6) is 0 Å². The Balaban J connectivity index is 2.27. The van der Waals surface area contributed by atoms with Gasteiger partial charge >= 0.3 is 0 Å². The minimum Gasteiger partial charge on any atom is -0.398 e. The Bertz CT molecular complexity index is 533. The van der Waals surface area contributed by atoms with E-state index in [1.54, 1.807) is 30.7 Å². The molecule has 0 saturated heterocycles. The van der Waals surface area contributed by atoms with Crippen molar-refractivity contribution in [1.82, 2.24) is 9.97 Å². The highest BCUT2D eigenvalue weighted by Crippen LogP contribution is 2.27. The molecule has 5 heteroatoms. The Kier molecular flexibility index (Phi) is 3.03. The molecular weight excluding hydrogens is 220 g/mol. The highest BCUT2D eigenvalue weighted by Gasteiger charge is 2.02. The van der Waals surface area contributed by atoms with Crippen molar-refractivity contribution in [2.75, 3.05) is 5.73 Å². The Morgan fingerprint density at radius 2 is 2.19 bits per heavy atom. The normalized spacial score (nSPS) is 9.69. The largest absolute Gasteiger partial charge is 0.398 e. The third-order valence-electron chi connectivity index (χ3n) is 1.91. The highest BCUT2D eigenvalue weighted by atomic mass is 32.2. The molecule has 0 spiro atoms. The second kappa shape index (κ2) is 4.64. The van der Waals surface area contributed by atoms with Gasteiger partial charge in [0, 0.05) is 23.0 Å². The van der Waals surface area contributed by atoms with Gasteiger partial charge in [0.2, 0.25) is 0 Å². The quantitative estimate of drug-likeness (QED) is 0.796. The summed E-state index contributed by atoms with van der Waals surface area (Å²) in [4.78, 5) is 9.03. The van der Waals surface area contributed by atoms with Crippen LogP contribution in [-0.4, -0.2) is 9.97 Å². The van der Waals surface area contributed by atoms with Crippen LogP contribution in [0.25, 0.3) is 0 Å². The Morgan fingerprint density at radius 3 is 2.88 bits per heavy atom. The molecule has 0 aliphatic rings. The van der Waals surface area contributed by atoms with Crippen molar-refractivity contribution in [1.29, 1.82) is 5.26 Å². The van der Waals surface area contributed by atoms with Gasteiger partial charge in [0.05, 0.1) is 11.8 Å². The Morgan fingerprint density at radius 1 is 1.31 bits per heavy atom. The lowest BCUT2D eigenvalue weighted by Crippen LogP contribution is -1.90. The van der Waals surface area contributed by atoms with E-state index in [-0.39, 0.29) is 0 Å². The first-order chi connectivity index (χ1) is 7.79. The molecule has 78 valence electrons. The molecule has 16 heavy (non-hydrogen) atoms. The van der Waals surface area contributed by atoms with E-state index in [2.05, 4.69) is 9.97 Å². The first-order valence-corrected chi connectivity index (χ1v) is 5.35. The van der Waals surface area contributed by atoms with Gasteiger partial charge in [-0.2, -0.15) is 5.26 Å². The summed E-state index contributed by atoms with van der Waals surface area (Å²) in [6, 6.07) is 7.37. The number of aromatic nitrogens is 2. The number of nitrogens with two attached hydrogens (primary N) is 1. The molecule has 0 fully saturated rings. The molecule has 0 aliphatic heterocycles. The van der Waals surface area contributed by atoms with E-state index in [1.807, 2.05) is 12.1 Å². The molecule has 0 saturated carbocycles. The van der Waals surface area contributed by atoms with Gasteiger partial charge in [0.25, 0.3) is 0 Å². The lowest BCUT2D eigenvalue weighted by molar-refractivity contribution is 1.05. The lowest BCUT2D eigenvalue weighted by atomic mass is 10.2. The molecule has 2 aromatic rings. The minimum absolute atomic E-state index is 0.480. The van der Waals surface area contributed by atoms with Gasteiger partial charge in [0.1, 0.15) is 11.1 Å². The maximum atomic E-state index is 8.84. The van der Waals surface area contributed by atoms with Crippen molar-refractivity contribution in [3.8, 4) is 6.07 Å². The number of nitrogen functional groups attached to an aromatic ring is 1. The van der Waals surface area contributed by atoms with Gasteiger partial charge in [-0.05, 0) is 18.2 Å². The fourth-order valence-corrected chi connectivity index (χ4v) is 1.94. The van der Waals surface area contributed by atoms with Crippen molar-refractivity contribution >= 4 is 17.4 Å². The molecule has 1 heterocycles. The average molecular weight is 228 g/mol. The van der Waals surface area contributed by atoms with E-state index in [9.17, 15) is 0 Å². The van der Waals surface area contributed by atoms with Crippen LogP contribution in [0, 0.1) is 11.3 Å². The number of hydrogen-bond acceptors (Lipinski definition) is 5. The average Bonchev–Trinajstić information content (AvgIpc) is 2.33. The number of nitrogens with zero attached hydrogens (tertiary/aromatic N) is 3. The molecule has 0 unspecified atom stereocenters. The summed E-state index contributed by atoms with van der Waals surface area (Å²) in [6.45, 7) is 0. The van der Waals surface area contributed by atoms with Crippen LogP contribution in [-0.2, 0) is 0 Å². The van der Waals surface area contributed by atoms with Gasteiger partial charge < -0.3 is 5.73 Å². The van der Waals surface area contributed by atoms with E-state index >= 15 is 0 Å². The Hall–Kier alpha value is -2.06.